The molecule has 2 heteroatoms. The van der Waals surface area contributed by atoms with Gasteiger partial charge in [-0.3, -0.25) is 0 Å². The summed E-state index contributed by atoms with van der Waals surface area (Å²) in [5.41, 5.74) is 0. The largest absolute Gasteiger partial charge is 0.376 e. The highest BCUT2D eigenvalue weighted by atomic mass is 16.5. The first-order valence-corrected chi connectivity index (χ1v) is 6.08. The van der Waals surface area contributed by atoms with Crippen LogP contribution in [0.2, 0.25) is 0 Å². The Balaban J connectivity index is 2.38. The fourth-order valence-electron chi connectivity index (χ4n) is 2.30. The van der Waals surface area contributed by atoms with Crippen LogP contribution in [-0.2, 0) is 4.74 Å². The predicted octanol–water partition coefficient (Wildman–Crippen LogP) is 2.19. The minimum atomic E-state index is 0.391. The quantitative estimate of drug-likeness (QED) is 0.535. The molecular weight excluding hydrogens is 186 g/mol. The summed E-state index contributed by atoms with van der Waals surface area (Å²) >= 11 is 0. The van der Waals surface area contributed by atoms with Gasteiger partial charge >= 0.3 is 0 Å². The van der Waals surface area contributed by atoms with Crippen LogP contribution in [0.1, 0.15) is 39.5 Å². The average molecular weight is 209 g/mol. The summed E-state index contributed by atoms with van der Waals surface area (Å²) in [4.78, 5) is 0. The number of hydrogen-bond donors (Lipinski definition) is 1. The highest BCUT2D eigenvalue weighted by Gasteiger charge is 2.30. The molecule has 3 atom stereocenters. The van der Waals surface area contributed by atoms with Crippen LogP contribution in [-0.4, -0.2) is 25.3 Å². The summed E-state index contributed by atoms with van der Waals surface area (Å²) in [6.07, 6.45) is 9.96. The van der Waals surface area contributed by atoms with Crippen molar-refractivity contribution < 1.29 is 4.74 Å². The van der Waals surface area contributed by atoms with Gasteiger partial charge in [-0.2, -0.15) is 0 Å². The Labute approximate surface area is 93.8 Å². The molecule has 0 amide bonds. The highest BCUT2D eigenvalue weighted by molar-refractivity contribution is 4.88. The molecule has 0 radical (unpaired) electrons. The van der Waals surface area contributed by atoms with Crippen LogP contribution in [0.15, 0.2) is 0 Å². The highest BCUT2D eigenvalue weighted by Crippen LogP contribution is 2.25. The van der Waals surface area contributed by atoms with Crippen LogP contribution in [0.4, 0.5) is 0 Å². The third-order valence-corrected chi connectivity index (χ3v) is 3.14. The number of nitrogens with one attached hydrogen (secondary N) is 1. The van der Waals surface area contributed by atoms with E-state index in [9.17, 15) is 0 Å². The lowest BCUT2D eigenvalue weighted by atomic mass is 9.94. The molecule has 0 aromatic rings. The summed E-state index contributed by atoms with van der Waals surface area (Å²) in [5.74, 6) is 3.38. The molecule has 1 aliphatic heterocycles. The summed E-state index contributed by atoms with van der Waals surface area (Å²) in [6.45, 7) is 6.35. The number of terminal acetylenes is 1. The average Bonchev–Trinajstić information content (AvgIpc) is 2.64. The fourth-order valence-corrected chi connectivity index (χ4v) is 2.30. The lowest BCUT2D eigenvalue weighted by molar-refractivity contribution is 0.0582. The Morgan fingerprint density at radius 1 is 1.60 bits per heavy atom. The minimum absolute atomic E-state index is 0.391. The molecule has 86 valence electrons. The van der Waals surface area contributed by atoms with Crippen LogP contribution in [0.25, 0.3) is 0 Å². The Kier molecular flexibility index (Phi) is 5.75. The van der Waals surface area contributed by atoms with Crippen molar-refractivity contribution in [1.82, 2.24) is 5.32 Å². The van der Waals surface area contributed by atoms with E-state index in [0.717, 1.165) is 32.4 Å². The maximum absolute atomic E-state index is 5.80. The molecular formula is C13H23NO. The van der Waals surface area contributed by atoms with E-state index >= 15 is 0 Å². The molecule has 0 saturated carbocycles. The van der Waals surface area contributed by atoms with Gasteiger partial charge in [0.15, 0.2) is 0 Å². The van der Waals surface area contributed by atoms with Crippen LogP contribution in [0, 0.1) is 18.3 Å². The minimum Gasteiger partial charge on any atom is -0.376 e. The molecule has 0 spiro atoms. The summed E-state index contributed by atoms with van der Waals surface area (Å²) in [5, 5.41) is 3.52. The van der Waals surface area contributed by atoms with E-state index in [4.69, 9.17) is 11.2 Å². The normalized spacial score (nSPS) is 27.5. The second kappa shape index (κ2) is 6.87. The Hall–Kier alpha value is -0.520. The van der Waals surface area contributed by atoms with Gasteiger partial charge in [-0.25, -0.2) is 0 Å². The van der Waals surface area contributed by atoms with Crippen molar-refractivity contribution in [1.29, 1.82) is 0 Å². The smallest absolute Gasteiger partial charge is 0.0754 e. The molecule has 1 rings (SSSR count). The monoisotopic (exact) mass is 209 g/mol. The van der Waals surface area contributed by atoms with Crippen molar-refractivity contribution >= 4 is 0 Å². The van der Waals surface area contributed by atoms with Crippen LogP contribution >= 0.6 is 0 Å². The number of rotatable bonds is 6. The number of hydrogen-bond acceptors (Lipinski definition) is 2. The van der Waals surface area contributed by atoms with Gasteiger partial charge in [-0.1, -0.05) is 13.8 Å². The lowest BCUT2D eigenvalue weighted by Gasteiger charge is -2.26. The predicted molar refractivity (Wildman–Crippen MR) is 63.7 cm³/mol. The van der Waals surface area contributed by atoms with Crippen molar-refractivity contribution in [3.05, 3.63) is 0 Å². The zero-order valence-electron chi connectivity index (χ0n) is 9.96. The molecule has 3 unspecified atom stereocenters. The van der Waals surface area contributed by atoms with Gasteiger partial charge in [0.2, 0.25) is 0 Å². The Morgan fingerprint density at radius 3 is 2.93 bits per heavy atom. The summed E-state index contributed by atoms with van der Waals surface area (Å²) in [6, 6.07) is 0.487. The van der Waals surface area contributed by atoms with E-state index < -0.39 is 0 Å². The second-order valence-corrected chi connectivity index (χ2v) is 4.36. The SMILES string of the molecule is C#CCCCC(NCC)C1OCCC1C. The van der Waals surface area contributed by atoms with Gasteiger partial charge in [-0.05, 0) is 31.7 Å². The fraction of sp³-hybridized carbons (Fsp3) is 0.846. The zero-order valence-corrected chi connectivity index (χ0v) is 9.96. The van der Waals surface area contributed by atoms with E-state index in [1.807, 2.05) is 0 Å². The number of ether oxygens (including phenoxy) is 1. The van der Waals surface area contributed by atoms with Crippen LogP contribution in [0.3, 0.4) is 0 Å². The van der Waals surface area contributed by atoms with Crippen molar-refractivity contribution in [2.45, 2.75) is 51.7 Å². The molecule has 1 saturated heterocycles. The van der Waals surface area contributed by atoms with E-state index in [-0.39, 0.29) is 0 Å². The van der Waals surface area contributed by atoms with Crippen molar-refractivity contribution in [3.63, 3.8) is 0 Å². The second-order valence-electron chi connectivity index (χ2n) is 4.36. The van der Waals surface area contributed by atoms with Gasteiger partial charge in [0, 0.05) is 19.1 Å². The molecule has 0 bridgehead atoms. The van der Waals surface area contributed by atoms with Gasteiger partial charge in [0.25, 0.3) is 0 Å². The standard InChI is InChI=1S/C13H23NO/c1-4-6-7-8-12(14-5-2)13-11(3)9-10-15-13/h1,11-14H,5-10H2,2-3H3. The molecule has 1 fully saturated rings. The third kappa shape index (κ3) is 3.85. The first-order chi connectivity index (χ1) is 7.29. The molecule has 0 aromatic carbocycles. The number of unbranched alkanes of at least 4 members (excludes halogenated alkanes) is 1. The van der Waals surface area contributed by atoms with Crippen molar-refractivity contribution in [2.24, 2.45) is 5.92 Å². The zero-order chi connectivity index (χ0) is 11.1. The van der Waals surface area contributed by atoms with Gasteiger partial charge in [-0.15, -0.1) is 12.3 Å². The molecule has 15 heavy (non-hydrogen) atoms. The molecule has 1 aliphatic rings. The van der Waals surface area contributed by atoms with Crippen molar-refractivity contribution in [3.8, 4) is 12.3 Å². The van der Waals surface area contributed by atoms with E-state index in [1.54, 1.807) is 0 Å². The summed E-state index contributed by atoms with van der Waals surface area (Å²) in [7, 11) is 0. The van der Waals surface area contributed by atoms with E-state index in [1.165, 1.54) is 6.42 Å². The molecule has 1 heterocycles. The Bertz CT molecular complexity index is 209. The first kappa shape index (κ1) is 12.5. The topological polar surface area (TPSA) is 21.3 Å². The van der Waals surface area contributed by atoms with Gasteiger partial charge in [0.1, 0.15) is 0 Å². The van der Waals surface area contributed by atoms with E-state index in [2.05, 4.69) is 25.1 Å². The molecule has 0 aromatic heterocycles. The van der Waals surface area contributed by atoms with Gasteiger partial charge in [0.05, 0.1) is 6.10 Å². The number of likely N-dealkylation sites (N-methyl/N-ethyl adjacent to an activating group) is 1. The third-order valence-electron chi connectivity index (χ3n) is 3.14. The van der Waals surface area contributed by atoms with E-state index in [0.29, 0.717) is 18.1 Å². The summed E-state index contributed by atoms with van der Waals surface area (Å²) < 4.78 is 5.80. The molecule has 0 aliphatic carbocycles. The Morgan fingerprint density at radius 2 is 2.40 bits per heavy atom. The van der Waals surface area contributed by atoms with Crippen LogP contribution in [0.5, 0.6) is 0 Å². The van der Waals surface area contributed by atoms with Gasteiger partial charge < -0.3 is 10.1 Å². The first-order valence-electron chi connectivity index (χ1n) is 6.08. The lowest BCUT2D eigenvalue weighted by Crippen LogP contribution is -2.42. The molecule has 2 nitrogen and oxygen atoms in total. The van der Waals surface area contributed by atoms with Crippen molar-refractivity contribution in [2.75, 3.05) is 13.2 Å². The molecule has 1 N–H and O–H groups in total. The van der Waals surface area contributed by atoms with Crippen LogP contribution < -0.4 is 5.32 Å². The maximum Gasteiger partial charge on any atom is 0.0754 e. The maximum atomic E-state index is 5.80.